The van der Waals surface area contributed by atoms with Crippen molar-refractivity contribution >= 4 is 21.9 Å². The minimum absolute atomic E-state index is 0.00813. The summed E-state index contributed by atoms with van der Waals surface area (Å²) in [5.74, 6) is -1.13. The van der Waals surface area contributed by atoms with Crippen molar-refractivity contribution in [3.63, 3.8) is 0 Å². The Bertz CT molecular complexity index is 422. The molecule has 0 aromatic carbocycles. The van der Waals surface area contributed by atoms with Crippen molar-refractivity contribution in [3.05, 3.63) is 0 Å². The van der Waals surface area contributed by atoms with Crippen molar-refractivity contribution in [2.75, 3.05) is 12.3 Å². The summed E-state index contributed by atoms with van der Waals surface area (Å²) in [6.45, 7) is 3.73. The van der Waals surface area contributed by atoms with Gasteiger partial charge in [-0.05, 0) is 26.2 Å². The lowest BCUT2D eigenvalue weighted by atomic mass is 10.1. The first kappa shape index (κ1) is 19.9. The molecule has 0 aromatic heterocycles. The Kier molecular flexibility index (Phi) is 9.98. The highest BCUT2D eigenvalue weighted by molar-refractivity contribution is 7.89. The second-order valence-corrected chi connectivity index (χ2v) is 6.88. The Morgan fingerprint density at radius 3 is 2.33 bits per heavy atom. The van der Waals surface area contributed by atoms with Gasteiger partial charge in [-0.1, -0.05) is 19.8 Å². The second-order valence-electron chi connectivity index (χ2n) is 5.01. The number of sulfonamides is 1. The van der Waals surface area contributed by atoms with Gasteiger partial charge in [0, 0.05) is 13.0 Å². The van der Waals surface area contributed by atoms with E-state index in [1.54, 1.807) is 6.92 Å². The Morgan fingerprint density at radius 2 is 1.76 bits per heavy atom. The first-order valence-corrected chi connectivity index (χ1v) is 8.93. The van der Waals surface area contributed by atoms with Gasteiger partial charge in [-0.25, -0.2) is 13.1 Å². The molecule has 0 aromatic rings. The molecular weight excluding hydrogens is 296 g/mol. The topological polar surface area (TPSA) is 113 Å². The van der Waals surface area contributed by atoms with Crippen LogP contribution in [-0.2, 0) is 19.6 Å². The molecule has 3 N–H and O–H groups in total. The Hall–Kier alpha value is -1.15. The predicted molar refractivity (Wildman–Crippen MR) is 80.4 cm³/mol. The molecule has 0 aliphatic carbocycles. The zero-order chi connectivity index (χ0) is 16.3. The summed E-state index contributed by atoms with van der Waals surface area (Å²) in [5.41, 5.74) is 0. The summed E-state index contributed by atoms with van der Waals surface area (Å²) in [4.78, 5) is 22.0. The number of amides is 1. The summed E-state index contributed by atoms with van der Waals surface area (Å²) < 4.78 is 25.3. The van der Waals surface area contributed by atoms with Gasteiger partial charge in [0.1, 0.15) is 0 Å². The normalized spacial score (nSPS) is 12.9. The highest BCUT2D eigenvalue weighted by atomic mass is 32.2. The van der Waals surface area contributed by atoms with E-state index in [4.69, 9.17) is 5.11 Å². The van der Waals surface area contributed by atoms with Crippen LogP contribution in [0.3, 0.4) is 0 Å². The quantitative estimate of drug-likeness (QED) is 0.461. The lowest BCUT2D eigenvalue weighted by Gasteiger charge is -2.14. The van der Waals surface area contributed by atoms with Gasteiger partial charge in [0.25, 0.3) is 0 Å². The zero-order valence-electron chi connectivity index (χ0n) is 12.7. The van der Waals surface area contributed by atoms with Crippen molar-refractivity contribution in [1.29, 1.82) is 0 Å². The molecule has 0 rings (SSSR count). The molecule has 0 spiro atoms. The van der Waals surface area contributed by atoms with E-state index >= 15 is 0 Å². The lowest BCUT2D eigenvalue weighted by Crippen LogP contribution is -2.45. The van der Waals surface area contributed by atoms with Gasteiger partial charge in [-0.3, -0.25) is 9.59 Å². The van der Waals surface area contributed by atoms with Crippen molar-refractivity contribution in [3.8, 4) is 0 Å². The van der Waals surface area contributed by atoms with E-state index in [-0.39, 0.29) is 18.1 Å². The second kappa shape index (κ2) is 10.6. The minimum atomic E-state index is -3.39. The molecule has 0 saturated carbocycles. The summed E-state index contributed by atoms with van der Waals surface area (Å²) in [6.07, 6.45) is 3.70. The molecule has 0 saturated heterocycles. The average molecular weight is 322 g/mol. The zero-order valence-corrected chi connectivity index (χ0v) is 13.5. The molecular formula is C13H26N2O5S. The fraction of sp³-hybridized carbons (Fsp3) is 0.846. The maximum absolute atomic E-state index is 11.7. The first-order chi connectivity index (χ1) is 9.78. The van der Waals surface area contributed by atoms with Crippen molar-refractivity contribution in [2.45, 2.75) is 58.4 Å². The van der Waals surface area contributed by atoms with Crippen LogP contribution in [0.1, 0.15) is 52.4 Å². The molecule has 21 heavy (non-hydrogen) atoms. The van der Waals surface area contributed by atoms with Gasteiger partial charge in [-0.2, -0.15) is 0 Å². The van der Waals surface area contributed by atoms with Crippen LogP contribution in [0.25, 0.3) is 0 Å². The number of carboxylic acids is 1. The summed E-state index contributed by atoms with van der Waals surface area (Å²) in [6, 6.07) is -0.784. The van der Waals surface area contributed by atoms with Crippen LogP contribution in [0.15, 0.2) is 0 Å². The van der Waals surface area contributed by atoms with E-state index in [0.29, 0.717) is 19.4 Å². The lowest BCUT2D eigenvalue weighted by molar-refractivity contribution is -0.137. The monoisotopic (exact) mass is 322 g/mol. The average Bonchev–Trinajstić information content (AvgIpc) is 2.36. The summed E-state index contributed by atoms with van der Waals surface area (Å²) in [5, 5.41) is 11.1. The number of hydrogen-bond donors (Lipinski definition) is 3. The molecule has 0 heterocycles. The Balaban J connectivity index is 3.76. The third-order valence-electron chi connectivity index (χ3n) is 2.84. The Labute approximate surface area is 126 Å². The van der Waals surface area contributed by atoms with E-state index in [0.717, 1.165) is 19.3 Å². The number of carbonyl (C=O) groups is 2. The molecule has 124 valence electrons. The number of carboxylic acid groups (broad SMARTS) is 1. The first-order valence-electron chi connectivity index (χ1n) is 7.28. The van der Waals surface area contributed by atoms with Crippen LogP contribution in [0.4, 0.5) is 0 Å². The number of aliphatic carboxylic acids is 1. The summed E-state index contributed by atoms with van der Waals surface area (Å²) >= 11 is 0. The van der Waals surface area contributed by atoms with E-state index in [2.05, 4.69) is 10.0 Å². The van der Waals surface area contributed by atoms with E-state index in [9.17, 15) is 18.0 Å². The maximum atomic E-state index is 11.7. The summed E-state index contributed by atoms with van der Waals surface area (Å²) in [7, 11) is -3.39. The van der Waals surface area contributed by atoms with Gasteiger partial charge in [0.05, 0.1) is 11.8 Å². The number of rotatable bonds is 12. The molecule has 1 amide bonds. The molecule has 0 aliphatic rings. The number of hydrogen-bond acceptors (Lipinski definition) is 4. The number of nitrogens with one attached hydrogen (secondary N) is 2. The van der Waals surface area contributed by atoms with Crippen molar-refractivity contribution in [2.24, 2.45) is 0 Å². The van der Waals surface area contributed by atoms with Crippen LogP contribution in [0.2, 0.25) is 0 Å². The SMILES string of the molecule is CCCS(=O)(=O)NC(C)C(=O)NCCCCCCC(=O)O. The third-order valence-corrected chi connectivity index (χ3v) is 4.50. The highest BCUT2D eigenvalue weighted by Gasteiger charge is 2.18. The molecule has 0 radical (unpaired) electrons. The van der Waals surface area contributed by atoms with Gasteiger partial charge in [0.2, 0.25) is 15.9 Å². The predicted octanol–water partition coefficient (Wildman–Crippen LogP) is 0.856. The molecule has 0 aliphatic heterocycles. The van der Waals surface area contributed by atoms with E-state index in [1.165, 1.54) is 6.92 Å². The smallest absolute Gasteiger partial charge is 0.303 e. The van der Waals surface area contributed by atoms with Gasteiger partial charge >= 0.3 is 5.97 Å². The van der Waals surface area contributed by atoms with Gasteiger partial charge in [0.15, 0.2) is 0 Å². The molecule has 8 heteroatoms. The van der Waals surface area contributed by atoms with Crippen LogP contribution in [0, 0.1) is 0 Å². The van der Waals surface area contributed by atoms with Gasteiger partial charge < -0.3 is 10.4 Å². The molecule has 1 atom stereocenters. The fourth-order valence-corrected chi connectivity index (χ4v) is 3.07. The largest absolute Gasteiger partial charge is 0.481 e. The highest BCUT2D eigenvalue weighted by Crippen LogP contribution is 2.02. The number of unbranched alkanes of at least 4 members (excludes halogenated alkanes) is 3. The van der Waals surface area contributed by atoms with Crippen LogP contribution in [0.5, 0.6) is 0 Å². The maximum Gasteiger partial charge on any atom is 0.303 e. The third kappa shape index (κ3) is 11.2. The Morgan fingerprint density at radius 1 is 1.14 bits per heavy atom. The standard InChI is InChI=1S/C13H26N2O5S/c1-3-10-21(19,20)15-11(2)13(18)14-9-7-5-4-6-8-12(16)17/h11,15H,3-10H2,1-2H3,(H,14,18)(H,16,17). The fourth-order valence-electron chi connectivity index (χ4n) is 1.77. The minimum Gasteiger partial charge on any atom is -0.481 e. The van der Waals surface area contributed by atoms with Crippen LogP contribution >= 0.6 is 0 Å². The van der Waals surface area contributed by atoms with Crippen LogP contribution in [-0.4, -0.2) is 43.7 Å². The van der Waals surface area contributed by atoms with Crippen molar-refractivity contribution < 1.29 is 23.1 Å². The van der Waals surface area contributed by atoms with Crippen LogP contribution < -0.4 is 10.0 Å². The van der Waals surface area contributed by atoms with E-state index in [1.807, 2.05) is 0 Å². The number of carbonyl (C=O) groups excluding carboxylic acids is 1. The molecule has 1 unspecified atom stereocenters. The molecule has 0 fully saturated rings. The molecule has 7 nitrogen and oxygen atoms in total. The van der Waals surface area contributed by atoms with E-state index < -0.39 is 22.0 Å². The van der Waals surface area contributed by atoms with Gasteiger partial charge in [-0.15, -0.1) is 0 Å². The van der Waals surface area contributed by atoms with Crippen molar-refractivity contribution in [1.82, 2.24) is 10.0 Å². The molecule has 0 bridgehead atoms.